The highest BCUT2D eigenvalue weighted by Crippen LogP contribution is 2.45. The smallest absolute Gasteiger partial charge is 0.353 e. The van der Waals surface area contributed by atoms with Crippen molar-refractivity contribution in [1.29, 1.82) is 0 Å². The van der Waals surface area contributed by atoms with E-state index in [0.717, 1.165) is 35.1 Å². The molecule has 0 aliphatic heterocycles. The molecule has 4 rings (SSSR count). The first kappa shape index (κ1) is 18.9. The first-order valence-corrected chi connectivity index (χ1v) is 10.6. The first-order valence-electron chi connectivity index (χ1n) is 9.73. The average molecular weight is 393 g/mol. The van der Waals surface area contributed by atoms with E-state index < -0.39 is 5.63 Å². The molecule has 1 unspecified atom stereocenters. The van der Waals surface area contributed by atoms with Crippen LogP contribution in [0, 0.1) is 5.92 Å². The molecule has 0 fully saturated rings. The lowest BCUT2D eigenvalue weighted by Gasteiger charge is -2.22. The van der Waals surface area contributed by atoms with Crippen molar-refractivity contribution < 1.29 is 9.52 Å². The Morgan fingerprint density at radius 1 is 1.04 bits per heavy atom. The third-order valence-electron chi connectivity index (χ3n) is 5.18. The number of fused-ring (bicyclic) bond motifs is 3. The fourth-order valence-corrected chi connectivity index (χ4v) is 5.24. The van der Waals surface area contributed by atoms with Gasteiger partial charge in [0.2, 0.25) is 0 Å². The molecule has 1 aliphatic carbocycles. The van der Waals surface area contributed by atoms with Crippen molar-refractivity contribution in [3.05, 3.63) is 81.7 Å². The van der Waals surface area contributed by atoms with Gasteiger partial charge >= 0.3 is 5.63 Å². The zero-order valence-electron chi connectivity index (χ0n) is 16.1. The number of rotatable bonds is 5. The predicted octanol–water partition coefficient (Wildman–Crippen LogP) is 5.99. The van der Waals surface area contributed by atoms with Gasteiger partial charge in [-0.2, -0.15) is 0 Å². The topological polar surface area (TPSA) is 50.4 Å². The molecule has 1 aliphatic rings. The van der Waals surface area contributed by atoms with Crippen LogP contribution in [-0.2, 0) is 12.8 Å². The van der Waals surface area contributed by atoms with Crippen LogP contribution in [0.1, 0.15) is 42.2 Å². The van der Waals surface area contributed by atoms with Crippen molar-refractivity contribution >= 4 is 11.8 Å². The summed E-state index contributed by atoms with van der Waals surface area (Å²) in [4.78, 5) is 13.2. The van der Waals surface area contributed by atoms with Gasteiger partial charge < -0.3 is 9.52 Å². The molecular weight excluding hydrogens is 368 g/mol. The second-order valence-electron chi connectivity index (χ2n) is 7.68. The van der Waals surface area contributed by atoms with Gasteiger partial charge in [0.25, 0.3) is 0 Å². The normalized spacial score (nSPS) is 13.8. The molecule has 3 aromatic rings. The maximum absolute atomic E-state index is 12.8. The minimum Gasteiger partial charge on any atom is -0.506 e. The standard InChI is InChI=1S/C24H24O3S/c1-15(2)14-20(17-9-4-3-5-10-17)28-23-21(25)19-13-12-16-8-6-7-11-18(16)22(19)27-24(23)26/h3-11,15,20,25H,12-14H2,1-2H3. The minimum atomic E-state index is -0.456. The third kappa shape index (κ3) is 3.61. The van der Waals surface area contributed by atoms with Crippen LogP contribution < -0.4 is 5.63 Å². The molecule has 0 radical (unpaired) electrons. The van der Waals surface area contributed by atoms with Crippen LogP contribution >= 0.6 is 11.8 Å². The molecule has 0 spiro atoms. The molecule has 0 bridgehead atoms. The van der Waals surface area contributed by atoms with E-state index >= 15 is 0 Å². The fourth-order valence-electron chi connectivity index (χ4n) is 3.81. The van der Waals surface area contributed by atoms with Crippen molar-refractivity contribution in [2.45, 2.75) is 43.3 Å². The maximum Gasteiger partial charge on any atom is 0.353 e. The van der Waals surface area contributed by atoms with Crippen molar-refractivity contribution in [2.24, 2.45) is 5.92 Å². The SMILES string of the molecule is CC(C)CC(Sc1c(O)c2c(oc1=O)-c1ccccc1CC2)c1ccccc1. The summed E-state index contributed by atoms with van der Waals surface area (Å²) in [7, 11) is 0. The van der Waals surface area contributed by atoms with E-state index in [1.54, 1.807) is 0 Å². The van der Waals surface area contributed by atoms with Crippen LogP contribution in [0.3, 0.4) is 0 Å². The molecule has 0 amide bonds. The number of benzene rings is 2. The Hall–Kier alpha value is -2.46. The summed E-state index contributed by atoms with van der Waals surface area (Å²) >= 11 is 1.42. The highest BCUT2D eigenvalue weighted by molar-refractivity contribution is 7.99. The monoisotopic (exact) mass is 392 g/mol. The summed E-state index contributed by atoms with van der Waals surface area (Å²) in [6.45, 7) is 4.34. The highest BCUT2D eigenvalue weighted by atomic mass is 32.2. The summed E-state index contributed by atoms with van der Waals surface area (Å²) in [5.41, 5.74) is 3.51. The molecule has 3 nitrogen and oxygen atoms in total. The van der Waals surface area contributed by atoms with Crippen molar-refractivity contribution in [3.8, 4) is 17.1 Å². The third-order valence-corrected chi connectivity index (χ3v) is 6.52. The Balaban J connectivity index is 1.76. The number of hydrogen-bond acceptors (Lipinski definition) is 4. The largest absolute Gasteiger partial charge is 0.506 e. The number of hydrogen-bond donors (Lipinski definition) is 1. The number of aromatic hydroxyl groups is 1. The van der Waals surface area contributed by atoms with E-state index in [2.05, 4.69) is 26.0 Å². The van der Waals surface area contributed by atoms with Gasteiger partial charge in [-0.3, -0.25) is 0 Å². The van der Waals surface area contributed by atoms with Gasteiger partial charge in [-0.15, -0.1) is 11.8 Å². The zero-order valence-corrected chi connectivity index (χ0v) is 17.0. The lowest BCUT2D eigenvalue weighted by Crippen LogP contribution is -2.12. The van der Waals surface area contributed by atoms with Crippen molar-refractivity contribution in [2.75, 3.05) is 0 Å². The Bertz CT molecular complexity index is 1040. The van der Waals surface area contributed by atoms with Gasteiger partial charge in [-0.1, -0.05) is 68.4 Å². The maximum atomic E-state index is 12.8. The molecule has 2 aromatic carbocycles. The molecule has 1 heterocycles. The van der Waals surface area contributed by atoms with Gasteiger partial charge in [0.15, 0.2) is 0 Å². The molecule has 0 saturated carbocycles. The summed E-state index contributed by atoms with van der Waals surface area (Å²) < 4.78 is 5.74. The van der Waals surface area contributed by atoms with Gasteiger partial charge in [0.05, 0.1) is 0 Å². The fraction of sp³-hybridized carbons (Fsp3) is 0.292. The number of thioether (sulfide) groups is 1. The molecule has 144 valence electrons. The number of aryl methyl sites for hydroxylation is 1. The van der Waals surface area contributed by atoms with Crippen LogP contribution in [-0.4, -0.2) is 5.11 Å². The van der Waals surface area contributed by atoms with Crippen LogP contribution in [0.5, 0.6) is 5.75 Å². The highest BCUT2D eigenvalue weighted by Gasteiger charge is 2.27. The van der Waals surface area contributed by atoms with E-state index in [9.17, 15) is 9.90 Å². The molecular formula is C24H24O3S. The molecule has 28 heavy (non-hydrogen) atoms. The molecule has 1 aromatic heterocycles. The Kier molecular flexibility index (Phi) is 5.31. The Labute approximate surface area is 169 Å². The first-order chi connectivity index (χ1) is 13.5. The van der Waals surface area contributed by atoms with E-state index in [1.807, 2.05) is 42.5 Å². The van der Waals surface area contributed by atoms with Gasteiger partial charge in [-0.25, -0.2) is 4.79 Å². The minimum absolute atomic E-state index is 0.0870. The lowest BCUT2D eigenvalue weighted by atomic mass is 9.90. The summed E-state index contributed by atoms with van der Waals surface area (Å²) in [5, 5.41) is 11.1. The molecule has 1 N–H and O–H groups in total. The van der Waals surface area contributed by atoms with E-state index in [4.69, 9.17) is 4.42 Å². The molecule has 0 saturated heterocycles. The van der Waals surface area contributed by atoms with Gasteiger partial charge in [0, 0.05) is 16.4 Å². The summed E-state index contributed by atoms with van der Waals surface area (Å²) in [6.07, 6.45) is 2.42. The molecule has 1 atom stereocenters. The second-order valence-corrected chi connectivity index (χ2v) is 8.89. The van der Waals surface area contributed by atoms with Crippen molar-refractivity contribution in [3.63, 3.8) is 0 Å². The zero-order chi connectivity index (χ0) is 19.7. The quantitative estimate of drug-likeness (QED) is 0.542. The van der Waals surface area contributed by atoms with Crippen LogP contribution in [0.4, 0.5) is 0 Å². The Morgan fingerprint density at radius 3 is 2.50 bits per heavy atom. The van der Waals surface area contributed by atoms with E-state index in [0.29, 0.717) is 23.0 Å². The molecule has 4 heteroatoms. The Morgan fingerprint density at radius 2 is 1.75 bits per heavy atom. The van der Waals surface area contributed by atoms with Crippen LogP contribution in [0.2, 0.25) is 0 Å². The predicted molar refractivity (Wildman–Crippen MR) is 114 cm³/mol. The summed E-state index contributed by atoms with van der Waals surface area (Å²) in [6, 6.07) is 18.1. The van der Waals surface area contributed by atoms with E-state index in [-0.39, 0.29) is 11.0 Å². The van der Waals surface area contributed by atoms with Crippen LogP contribution in [0.15, 0.2) is 68.7 Å². The second kappa shape index (κ2) is 7.88. The van der Waals surface area contributed by atoms with Crippen molar-refractivity contribution in [1.82, 2.24) is 0 Å². The van der Waals surface area contributed by atoms with Gasteiger partial charge in [0.1, 0.15) is 16.4 Å². The lowest BCUT2D eigenvalue weighted by molar-refractivity contribution is 0.417. The van der Waals surface area contributed by atoms with Gasteiger partial charge in [-0.05, 0) is 36.3 Å². The average Bonchev–Trinajstić information content (AvgIpc) is 2.70. The van der Waals surface area contributed by atoms with E-state index in [1.165, 1.54) is 11.8 Å². The summed E-state index contributed by atoms with van der Waals surface area (Å²) in [5.74, 6) is 1.08. The van der Waals surface area contributed by atoms with Crippen LogP contribution in [0.25, 0.3) is 11.3 Å².